The normalized spacial score (nSPS) is 10.8. The molecule has 1 aromatic heterocycles. The summed E-state index contributed by atoms with van der Waals surface area (Å²) >= 11 is 1.17. The quantitative estimate of drug-likeness (QED) is 0.352. The molecule has 1 heterocycles. The minimum atomic E-state index is -0.243. The number of thioether (sulfide) groups is 1. The zero-order valence-electron chi connectivity index (χ0n) is 18.5. The topological polar surface area (TPSA) is 114 Å². The van der Waals surface area contributed by atoms with E-state index in [2.05, 4.69) is 29.4 Å². The van der Waals surface area contributed by atoms with Crippen molar-refractivity contribution in [3.8, 4) is 17.2 Å². The van der Waals surface area contributed by atoms with E-state index >= 15 is 0 Å². The SMILES string of the molecule is COc1ccc(OC)c(NC(=O)CSc2nnc(COc3ccc(C(C)C)cc3)n2N)c1. The molecule has 0 atom stereocenters. The summed E-state index contributed by atoms with van der Waals surface area (Å²) in [6, 6.07) is 13.1. The van der Waals surface area contributed by atoms with Crippen molar-refractivity contribution in [1.82, 2.24) is 14.9 Å². The summed E-state index contributed by atoms with van der Waals surface area (Å²) < 4.78 is 17.5. The van der Waals surface area contributed by atoms with E-state index in [4.69, 9.17) is 20.1 Å². The monoisotopic (exact) mass is 457 g/mol. The van der Waals surface area contributed by atoms with Crippen LogP contribution in [0.25, 0.3) is 0 Å². The van der Waals surface area contributed by atoms with Crippen molar-refractivity contribution < 1.29 is 19.0 Å². The van der Waals surface area contributed by atoms with Gasteiger partial charge in [0.1, 0.15) is 23.9 Å². The number of carbonyl (C=O) groups is 1. The first-order valence-corrected chi connectivity index (χ1v) is 11.0. The summed E-state index contributed by atoms with van der Waals surface area (Å²) in [7, 11) is 3.09. The summed E-state index contributed by atoms with van der Waals surface area (Å²) in [5.41, 5.74) is 1.76. The Hall–Kier alpha value is -3.40. The molecule has 3 rings (SSSR count). The molecule has 0 fully saturated rings. The number of nitrogens with two attached hydrogens (primary N) is 1. The zero-order chi connectivity index (χ0) is 23.1. The van der Waals surface area contributed by atoms with Crippen LogP contribution in [0.15, 0.2) is 47.6 Å². The van der Waals surface area contributed by atoms with Crippen LogP contribution in [0, 0.1) is 0 Å². The maximum atomic E-state index is 12.4. The minimum Gasteiger partial charge on any atom is -0.497 e. The Morgan fingerprint density at radius 3 is 2.47 bits per heavy atom. The first-order chi connectivity index (χ1) is 15.4. The number of nitrogens with one attached hydrogen (secondary N) is 1. The zero-order valence-corrected chi connectivity index (χ0v) is 19.3. The fourth-order valence-corrected chi connectivity index (χ4v) is 3.50. The molecule has 1 amide bonds. The Morgan fingerprint density at radius 1 is 1.09 bits per heavy atom. The standard InChI is InChI=1S/C22H27N5O4S/c1-14(2)15-5-7-16(8-6-15)31-12-20-25-26-22(27(20)23)32-13-21(28)24-18-11-17(29-3)9-10-19(18)30-4/h5-11,14H,12-13,23H2,1-4H3,(H,24,28). The van der Waals surface area contributed by atoms with Gasteiger partial charge in [-0.2, -0.15) is 0 Å². The predicted molar refractivity (Wildman–Crippen MR) is 124 cm³/mol. The summed E-state index contributed by atoms with van der Waals surface area (Å²) in [5.74, 6) is 8.70. The molecule has 0 aliphatic rings. The second-order valence-corrected chi connectivity index (χ2v) is 8.13. The minimum absolute atomic E-state index is 0.0905. The number of ether oxygens (including phenoxy) is 3. The largest absolute Gasteiger partial charge is 0.497 e. The number of carbonyl (C=O) groups excluding carboxylic acids is 1. The van der Waals surface area contributed by atoms with Gasteiger partial charge in [-0.3, -0.25) is 4.79 Å². The molecule has 10 heteroatoms. The molecule has 32 heavy (non-hydrogen) atoms. The van der Waals surface area contributed by atoms with Crippen molar-refractivity contribution in [2.75, 3.05) is 31.1 Å². The summed E-state index contributed by atoms with van der Waals surface area (Å²) in [4.78, 5) is 12.4. The van der Waals surface area contributed by atoms with Crippen LogP contribution in [0.2, 0.25) is 0 Å². The molecule has 3 N–H and O–H groups in total. The third-order valence-corrected chi connectivity index (χ3v) is 5.61. The number of anilines is 1. The highest BCUT2D eigenvalue weighted by molar-refractivity contribution is 7.99. The van der Waals surface area contributed by atoms with E-state index in [0.717, 1.165) is 5.75 Å². The highest BCUT2D eigenvalue weighted by Crippen LogP contribution is 2.29. The molecule has 0 radical (unpaired) electrons. The summed E-state index contributed by atoms with van der Waals surface area (Å²) in [6.07, 6.45) is 0. The number of methoxy groups -OCH3 is 2. The van der Waals surface area contributed by atoms with Crippen molar-refractivity contribution >= 4 is 23.4 Å². The van der Waals surface area contributed by atoms with Crippen LogP contribution in [0.5, 0.6) is 17.2 Å². The molecule has 0 aliphatic heterocycles. The smallest absolute Gasteiger partial charge is 0.234 e. The van der Waals surface area contributed by atoms with E-state index in [1.165, 1.54) is 29.1 Å². The Balaban J connectivity index is 1.55. The molecule has 0 aliphatic carbocycles. The van der Waals surface area contributed by atoms with Gasteiger partial charge < -0.3 is 25.4 Å². The number of hydrogen-bond donors (Lipinski definition) is 2. The molecule has 0 unspecified atom stereocenters. The van der Waals surface area contributed by atoms with Crippen molar-refractivity contribution in [3.05, 3.63) is 53.9 Å². The molecule has 170 valence electrons. The van der Waals surface area contributed by atoms with Gasteiger partial charge in [-0.15, -0.1) is 10.2 Å². The highest BCUT2D eigenvalue weighted by Gasteiger charge is 2.14. The molecule has 0 saturated carbocycles. The van der Waals surface area contributed by atoms with E-state index in [0.29, 0.717) is 34.1 Å². The average molecular weight is 458 g/mol. The first-order valence-electron chi connectivity index (χ1n) is 9.98. The van der Waals surface area contributed by atoms with Gasteiger partial charge in [0.15, 0.2) is 5.82 Å². The molecule has 0 spiro atoms. The number of aromatic nitrogens is 3. The Kier molecular flexibility index (Phi) is 7.82. The van der Waals surface area contributed by atoms with Crippen LogP contribution in [0.3, 0.4) is 0 Å². The van der Waals surface area contributed by atoms with Crippen molar-refractivity contribution in [2.45, 2.75) is 31.5 Å². The number of benzene rings is 2. The van der Waals surface area contributed by atoms with Gasteiger partial charge in [-0.05, 0) is 35.7 Å². The molecule has 9 nitrogen and oxygen atoms in total. The number of rotatable bonds is 10. The Bertz CT molecular complexity index is 1050. The maximum Gasteiger partial charge on any atom is 0.234 e. The van der Waals surface area contributed by atoms with Crippen LogP contribution in [-0.4, -0.2) is 40.8 Å². The summed E-state index contributed by atoms with van der Waals surface area (Å²) in [6.45, 7) is 4.44. The van der Waals surface area contributed by atoms with Gasteiger partial charge >= 0.3 is 0 Å². The van der Waals surface area contributed by atoms with E-state index in [-0.39, 0.29) is 18.3 Å². The maximum absolute atomic E-state index is 12.4. The number of hydrogen-bond acceptors (Lipinski definition) is 8. The number of nitrogens with zero attached hydrogens (tertiary/aromatic N) is 3. The van der Waals surface area contributed by atoms with Crippen molar-refractivity contribution in [1.29, 1.82) is 0 Å². The lowest BCUT2D eigenvalue weighted by Crippen LogP contribution is -2.18. The van der Waals surface area contributed by atoms with Gasteiger partial charge in [-0.25, -0.2) is 4.68 Å². The van der Waals surface area contributed by atoms with Gasteiger partial charge in [0.25, 0.3) is 0 Å². The highest BCUT2D eigenvalue weighted by atomic mass is 32.2. The number of nitrogen functional groups attached to an aromatic ring is 1. The summed E-state index contributed by atoms with van der Waals surface area (Å²) in [5, 5.41) is 11.3. The number of amides is 1. The Morgan fingerprint density at radius 2 is 1.81 bits per heavy atom. The molecular weight excluding hydrogens is 430 g/mol. The van der Waals surface area contributed by atoms with E-state index in [1.54, 1.807) is 25.3 Å². The van der Waals surface area contributed by atoms with Gasteiger partial charge in [-0.1, -0.05) is 37.7 Å². The lowest BCUT2D eigenvalue weighted by molar-refractivity contribution is -0.113. The van der Waals surface area contributed by atoms with Crippen LogP contribution >= 0.6 is 11.8 Å². The van der Waals surface area contributed by atoms with Crippen LogP contribution in [0.4, 0.5) is 5.69 Å². The van der Waals surface area contributed by atoms with Crippen molar-refractivity contribution in [2.24, 2.45) is 0 Å². The fourth-order valence-electron chi connectivity index (χ4n) is 2.83. The molecule has 3 aromatic rings. The van der Waals surface area contributed by atoms with E-state index in [1.807, 2.05) is 24.3 Å². The molecule has 0 saturated heterocycles. The van der Waals surface area contributed by atoms with Crippen LogP contribution in [-0.2, 0) is 11.4 Å². The molecule has 2 aromatic carbocycles. The predicted octanol–water partition coefficient (Wildman–Crippen LogP) is 3.44. The second-order valence-electron chi connectivity index (χ2n) is 7.18. The lowest BCUT2D eigenvalue weighted by atomic mass is 10.0. The first kappa shape index (κ1) is 23.3. The van der Waals surface area contributed by atoms with Crippen LogP contribution < -0.4 is 25.4 Å². The molecule has 0 bridgehead atoms. The second kappa shape index (κ2) is 10.8. The van der Waals surface area contributed by atoms with E-state index in [9.17, 15) is 4.79 Å². The third-order valence-electron chi connectivity index (χ3n) is 4.66. The van der Waals surface area contributed by atoms with Gasteiger partial charge in [0, 0.05) is 6.07 Å². The van der Waals surface area contributed by atoms with Gasteiger partial charge in [0.05, 0.1) is 25.7 Å². The van der Waals surface area contributed by atoms with E-state index < -0.39 is 0 Å². The average Bonchev–Trinajstić information content (AvgIpc) is 3.15. The van der Waals surface area contributed by atoms with Crippen molar-refractivity contribution in [3.63, 3.8) is 0 Å². The third kappa shape index (κ3) is 5.85. The Labute approximate surface area is 191 Å². The fraction of sp³-hybridized carbons (Fsp3) is 0.318. The van der Waals surface area contributed by atoms with Crippen LogP contribution in [0.1, 0.15) is 31.2 Å². The van der Waals surface area contributed by atoms with Gasteiger partial charge in [0.2, 0.25) is 11.1 Å². The lowest BCUT2D eigenvalue weighted by Gasteiger charge is -2.11. The molecular formula is C22H27N5O4S.